The van der Waals surface area contributed by atoms with Crippen molar-refractivity contribution in [3.8, 4) is 5.75 Å². The Balaban J connectivity index is 2.01. The van der Waals surface area contributed by atoms with Crippen LogP contribution < -0.4 is 4.74 Å². The zero-order valence-electron chi connectivity index (χ0n) is 12.2. The number of benzene rings is 1. The Bertz CT molecular complexity index is 915. The number of allylic oxidation sites excluding steroid dienone is 2. The molecule has 3 heterocycles. The largest absolute Gasteiger partial charge is 0.737 e. The predicted molar refractivity (Wildman–Crippen MR) is 87.3 cm³/mol. The number of ether oxygens (including phenoxy) is 1. The van der Waals surface area contributed by atoms with Crippen LogP contribution in [0.3, 0.4) is 0 Å². The van der Waals surface area contributed by atoms with Crippen molar-refractivity contribution in [2.45, 2.75) is 0 Å². The molecule has 0 bridgehead atoms. The van der Waals surface area contributed by atoms with Crippen molar-refractivity contribution in [3.05, 3.63) is 70.7 Å². The zero-order valence-corrected chi connectivity index (χ0v) is 13.0. The first-order valence-electron chi connectivity index (χ1n) is 7.12. The Morgan fingerprint density at radius 3 is 2.87 bits per heavy atom. The maximum atomic E-state index is 14.7. The van der Waals surface area contributed by atoms with Gasteiger partial charge in [-0.15, -0.1) is 0 Å². The molecule has 2 aliphatic heterocycles. The van der Waals surface area contributed by atoms with Crippen molar-refractivity contribution < 1.29 is 17.9 Å². The third kappa shape index (κ3) is 1.91. The monoisotopic (exact) mass is 332 g/mol. The Morgan fingerprint density at radius 2 is 2.09 bits per heavy atom. The van der Waals surface area contributed by atoms with Crippen LogP contribution in [-0.2, 0) is 0 Å². The first-order chi connectivity index (χ1) is 11.0. The van der Waals surface area contributed by atoms with Gasteiger partial charge in [-0.3, -0.25) is 0 Å². The van der Waals surface area contributed by atoms with Crippen molar-refractivity contribution in [1.82, 2.24) is 4.48 Å². The van der Waals surface area contributed by atoms with E-state index in [1.807, 2.05) is 6.07 Å². The van der Waals surface area contributed by atoms with Crippen molar-refractivity contribution >= 4 is 30.4 Å². The van der Waals surface area contributed by atoms with Crippen LogP contribution in [-0.4, -0.2) is 29.3 Å². The number of hydrogen-bond acceptors (Lipinski definition) is 1. The number of hydrogen-bond donors (Lipinski definition) is 0. The summed E-state index contributed by atoms with van der Waals surface area (Å²) in [7, 11) is 1.53. The van der Waals surface area contributed by atoms with E-state index < -0.39 is 6.97 Å². The summed E-state index contributed by atoms with van der Waals surface area (Å²) in [4.78, 5) is 0. The third-order valence-corrected chi connectivity index (χ3v) is 4.49. The lowest BCUT2D eigenvalue weighted by Crippen LogP contribution is -2.49. The molecule has 0 saturated heterocycles. The molecule has 1 aromatic heterocycles. The van der Waals surface area contributed by atoms with Crippen LogP contribution >= 0.6 is 11.6 Å². The van der Waals surface area contributed by atoms with E-state index in [0.29, 0.717) is 22.2 Å². The highest BCUT2D eigenvalue weighted by atomic mass is 35.5. The minimum Gasteiger partial charge on any atom is -0.495 e. The number of fused-ring (bicyclic) bond motifs is 2. The summed E-state index contributed by atoms with van der Waals surface area (Å²) >= 11 is 6.08. The number of rotatable bonds is 2. The molecule has 0 atom stereocenters. The van der Waals surface area contributed by atoms with Crippen molar-refractivity contribution in [3.63, 3.8) is 0 Å². The van der Waals surface area contributed by atoms with Crippen LogP contribution in [0.4, 0.5) is 8.63 Å². The Kier molecular flexibility index (Phi) is 3.00. The van der Waals surface area contributed by atoms with E-state index in [1.54, 1.807) is 36.4 Å². The van der Waals surface area contributed by atoms with Crippen LogP contribution in [0.25, 0.3) is 5.57 Å². The van der Waals surface area contributed by atoms with Gasteiger partial charge in [0.2, 0.25) is 0 Å². The Morgan fingerprint density at radius 1 is 1.26 bits per heavy atom. The fourth-order valence-electron chi connectivity index (χ4n) is 3.13. The van der Waals surface area contributed by atoms with Crippen LogP contribution in [0.15, 0.2) is 54.4 Å². The van der Waals surface area contributed by atoms with Gasteiger partial charge in [0, 0.05) is 17.8 Å². The molecule has 4 rings (SSSR count). The molecule has 0 spiro atoms. The lowest BCUT2D eigenvalue weighted by Gasteiger charge is -2.31. The molecule has 0 radical (unpaired) electrons. The fraction of sp³-hybridized carbons (Fsp3) is 0.0625. The Hall–Kier alpha value is -2.34. The van der Waals surface area contributed by atoms with Crippen LogP contribution in [0, 0.1) is 0 Å². The second-order valence-electron chi connectivity index (χ2n) is 5.41. The first-order valence-corrected chi connectivity index (χ1v) is 7.49. The van der Waals surface area contributed by atoms with Gasteiger partial charge in [-0.2, -0.15) is 0 Å². The van der Waals surface area contributed by atoms with Crippen LogP contribution in [0.2, 0.25) is 5.02 Å². The van der Waals surface area contributed by atoms with Gasteiger partial charge >= 0.3 is 6.97 Å². The molecule has 116 valence electrons. The SMILES string of the molecule is COc1cc(C2=C3C=CC=[N+]3[B-](F)(F)n3cccc32)ccc1Cl. The summed E-state index contributed by atoms with van der Waals surface area (Å²) in [6.07, 6.45) is 6.14. The summed E-state index contributed by atoms with van der Waals surface area (Å²) in [5, 5.41) is 0.480. The predicted octanol–water partition coefficient (Wildman–Crippen LogP) is 3.80. The van der Waals surface area contributed by atoms with Gasteiger partial charge in [-0.05, 0) is 36.0 Å². The molecular weight excluding hydrogens is 320 g/mol. The minimum atomic E-state index is -3.88. The molecule has 1 aromatic carbocycles. The van der Waals surface area contributed by atoms with E-state index in [0.717, 1.165) is 20.1 Å². The third-order valence-electron chi connectivity index (χ3n) is 4.18. The molecule has 2 aromatic rings. The summed E-state index contributed by atoms with van der Waals surface area (Å²) in [5.74, 6) is 0.510. The summed E-state index contributed by atoms with van der Waals surface area (Å²) in [5.41, 5.74) is 2.45. The van der Waals surface area contributed by atoms with E-state index in [4.69, 9.17) is 16.3 Å². The topological polar surface area (TPSA) is 17.2 Å². The van der Waals surface area contributed by atoms with E-state index in [9.17, 15) is 8.63 Å². The molecular formula is C16H12BClF2N2O. The van der Waals surface area contributed by atoms with E-state index in [2.05, 4.69) is 0 Å². The molecule has 0 saturated carbocycles. The van der Waals surface area contributed by atoms with Gasteiger partial charge in [0.15, 0.2) is 5.70 Å². The highest BCUT2D eigenvalue weighted by Crippen LogP contribution is 2.40. The summed E-state index contributed by atoms with van der Waals surface area (Å²) in [6.45, 7) is -3.88. The van der Waals surface area contributed by atoms with Crippen molar-refractivity contribution in [2.75, 3.05) is 7.11 Å². The normalized spacial score (nSPS) is 17.8. The zero-order chi connectivity index (χ0) is 16.2. The van der Waals surface area contributed by atoms with E-state index in [-0.39, 0.29) is 0 Å². The molecule has 0 aliphatic carbocycles. The number of nitrogens with zero attached hydrogens (tertiary/aromatic N) is 2. The maximum absolute atomic E-state index is 14.7. The van der Waals surface area contributed by atoms with Crippen LogP contribution in [0.1, 0.15) is 11.3 Å². The number of aromatic nitrogens is 1. The molecule has 0 N–H and O–H groups in total. The molecule has 2 aliphatic rings. The maximum Gasteiger partial charge on any atom is 0.737 e. The van der Waals surface area contributed by atoms with Gasteiger partial charge in [-0.25, -0.2) is 0 Å². The van der Waals surface area contributed by atoms with Gasteiger partial charge < -0.3 is 22.3 Å². The fourth-order valence-corrected chi connectivity index (χ4v) is 3.32. The molecule has 3 nitrogen and oxygen atoms in total. The lowest BCUT2D eigenvalue weighted by atomic mass is 9.86. The second-order valence-corrected chi connectivity index (χ2v) is 5.82. The minimum absolute atomic E-state index is 0.477. The average Bonchev–Trinajstić information content (AvgIpc) is 3.19. The number of halogens is 3. The smallest absolute Gasteiger partial charge is 0.495 e. The Labute approximate surface area is 136 Å². The van der Waals surface area contributed by atoms with Gasteiger partial charge in [0.25, 0.3) is 0 Å². The standard InChI is InChI=1S/C16H12BClF2N2O/c1-23-15-10-11(6-7-12(15)18)16-13-4-2-8-21(13)17(19,20)22-9-3-5-14(16)22/h2-10H,1H3. The lowest BCUT2D eigenvalue weighted by molar-refractivity contribution is -0.356. The summed E-state index contributed by atoms with van der Waals surface area (Å²) < 4.78 is 36.7. The van der Waals surface area contributed by atoms with Gasteiger partial charge in [-0.1, -0.05) is 17.7 Å². The number of methoxy groups -OCH3 is 1. The highest BCUT2D eigenvalue weighted by molar-refractivity contribution is 6.57. The van der Waals surface area contributed by atoms with Crippen molar-refractivity contribution in [1.29, 1.82) is 0 Å². The quantitative estimate of drug-likeness (QED) is 0.765. The molecule has 7 heteroatoms. The van der Waals surface area contributed by atoms with Crippen molar-refractivity contribution in [2.24, 2.45) is 0 Å². The van der Waals surface area contributed by atoms with Gasteiger partial charge in [0.1, 0.15) is 12.0 Å². The molecule has 0 fully saturated rings. The summed E-state index contributed by atoms with van der Waals surface area (Å²) in [6, 6.07) is 8.61. The molecule has 0 amide bonds. The van der Waals surface area contributed by atoms with E-state index >= 15 is 0 Å². The van der Waals surface area contributed by atoms with Crippen LogP contribution in [0.5, 0.6) is 5.75 Å². The van der Waals surface area contributed by atoms with Gasteiger partial charge in [0.05, 0.1) is 17.7 Å². The van der Waals surface area contributed by atoms with E-state index in [1.165, 1.54) is 19.5 Å². The first kappa shape index (κ1) is 14.3. The molecule has 23 heavy (non-hydrogen) atoms. The highest BCUT2D eigenvalue weighted by Gasteiger charge is 2.51. The molecule has 0 unspecified atom stereocenters. The average molecular weight is 333 g/mol. The second kappa shape index (κ2) is 4.83.